The van der Waals surface area contributed by atoms with Crippen molar-refractivity contribution in [1.29, 1.82) is 0 Å². The van der Waals surface area contributed by atoms with E-state index in [0.29, 0.717) is 13.2 Å². The number of aryl methyl sites for hydroxylation is 1. The average molecular weight is 263 g/mol. The molecule has 0 bridgehead atoms. The third-order valence-electron chi connectivity index (χ3n) is 3.31. The largest absolute Gasteiger partial charge is 0.483 e. The monoisotopic (exact) mass is 263 g/mol. The first-order valence-corrected chi connectivity index (χ1v) is 6.32. The zero-order valence-electron chi connectivity index (χ0n) is 10.8. The highest BCUT2D eigenvalue weighted by atomic mass is 16.5. The van der Waals surface area contributed by atoms with Gasteiger partial charge in [0.2, 0.25) is 0 Å². The Morgan fingerprint density at radius 3 is 3.21 bits per heavy atom. The second-order valence-electron chi connectivity index (χ2n) is 4.62. The molecule has 102 valence electrons. The molecule has 0 aromatic carbocycles. The molecule has 19 heavy (non-hydrogen) atoms. The molecule has 6 nitrogen and oxygen atoms in total. The second-order valence-corrected chi connectivity index (χ2v) is 4.62. The third-order valence-corrected chi connectivity index (χ3v) is 3.31. The summed E-state index contributed by atoms with van der Waals surface area (Å²) in [4.78, 5) is 0. The first-order valence-electron chi connectivity index (χ1n) is 6.32. The van der Waals surface area contributed by atoms with Crippen molar-refractivity contribution in [3.05, 3.63) is 36.0 Å². The van der Waals surface area contributed by atoms with Crippen LogP contribution in [0.4, 0.5) is 0 Å². The molecule has 0 spiro atoms. The van der Waals surface area contributed by atoms with Crippen molar-refractivity contribution in [2.75, 3.05) is 13.2 Å². The lowest BCUT2D eigenvalue weighted by Crippen LogP contribution is -2.41. The Bertz CT molecular complexity index is 509. The summed E-state index contributed by atoms with van der Waals surface area (Å²) in [6, 6.07) is 2.15. The van der Waals surface area contributed by atoms with Gasteiger partial charge in [-0.1, -0.05) is 0 Å². The van der Waals surface area contributed by atoms with Crippen molar-refractivity contribution < 1.29 is 13.9 Å². The van der Waals surface area contributed by atoms with Gasteiger partial charge in [0, 0.05) is 12.1 Å². The Labute approximate surface area is 111 Å². The molecular formula is C13H17N3O3. The van der Waals surface area contributed by atoms with Crippen LogP contribution < -0.4 is 10.1 Å². The lowest BCUT2D eigenvalue weighted by molar-refractivity contribution is 0.139. The molecule has 0 saturated carbocycles. The van der Waals surface area contributed by atoms with E-state index in [4.69, 9.17) is 13.9 Å². The molecule has 1 fully saturated rings. The minimum absolute atomic E-state index is 0.00445. The standard InChI is InChI=1S/C13H17N3O3/c1-9-10(2-3-18-9)4-14-12-7-17-8-13(12)19-11-5-15-16-6-11/h2-3,5-6,12-14H,4,7-8H2,1H3,(H,15,16)/t12-,13+/m0/s1. The van der Waals surface area contributed by atoms with E-state index in [0.717, 1.165) is 23.6 Å². The van der Waals surface area contributed by atoms with Crippen molar-refractivity contribution in [1.82, 2.24) is 15.5 Å². The molecule has 2 N–H and O–H groups in total. The van der Waals surface area contributed by atoms with Gasteiger partial charge in [-0.2, -0.15) is 5.10 Å². The molecule has 1 aliphatic rings. The van der Waals surface area contributed by atoms with Gasteiger partial charge in [-0.15, -0.1) is 0 Å². The van der Waals surface area contributed by atoms with Gasteiger partial charge in [-0.3, -0.25) is 5.10 Å². The van der Waals surface area contributed by atoms with Gasteiger partial charge in [0.05, 0.1) is 37.9 Å². The lowest BCUT2D eigenvalue weighted by atomic mass is 10.2. The van der Waals surface area contributed by atoms with Crippen LogP contribution in [0.5, 0.6) is 5.75 Å². The van der Waals surface area contributed by atoms with Crippen molar-refractivity contribution in [3.8, 4) is 5.75 Å². The number of aromatic amines is 1. The van der Waals surface area contributed by atoms with Gasteiger partial charge in [-0.25, -0.2) is 0 Å². The molecule has 2 aromatic rings. The first kappa shape index (κ1) is 12.3. The first-order chi connectivity index (χ1) is 9.33. The normalized spacial score (nSPS) is 22.8. The Kier molecular flexibility index (Phi) is 3.52. The van der Waals surface area contributed by atoms with Gasteiger partial charge in [0.1, 0.15) is 11.9 Å². The number of furan rings is 1. The molecule has 2 atom stereocenters. The quantitative estimate of drug-likeness (QED) is 0.849. The van der Waals surface area contributed by atoms with E-state index >= 15 is 0 Å². The molecule has 0 radical (unpaired) electrons. The third kappa shape index (κ3) is 2.80. The number of H-pyrrole nitrogens is 1. The molecule has 2 aromatic heterocycles. The van der Waals surface area contributed by atoms with Crippen LogP contribution in [0.3, 0.4) is 0 Å². The summed E-state index contributed by atoms with van der Waals surface area (Å²) < 4.78 is 16.6. The van der Waals surface area contributed by atoms with E-state index in [1.165, 1.54) is 0 Å². The van der Waals surface area contributed by atoms with Crippen molar-refractivity contribution in [2.45, 2.75) is 25.6 Å². The van der Waals surface area contributed by atoms with Gasteiger partial charge in [0.25, 0.3) is 0 Å². The van der Waals surface area contributed by atoms with Crippen LogP contribution in [0.1, 0.15) is 11.3 Å². The van der Waals surface area contributed by atoms with Crippen LogP contribution in [0.2, 0.25) is 0 Å². The van der Waals surface area contributed by atoms with Gasteiger partial charge < -0.3 is 19.2 Å². The number of aromatic nitrogens is 2. The highest BCUT2D eigenvalue weighted by Crippen LogP contribution is 2.16. The molecule has 3 heterocycles. The van der Waals surface area contributed by atoms with Crippen LogP contribution in [0.25, 0.3) is 0 Å². The maximum atomic E-state index is 5.82. The molecule has 0 amide bonds. The summed E-state index contributed by atoms with van der Waals surface area (Å²) in [5.74, 6) is 1.68. The fourth-order valence-corrected chi connectivity index (χ4v) is 2.16. The zero-order valence-corrected chi connectivity index (χ0v) is 10.8. The Morgan fingerprint density at radius 2 is 2.47 bits per heavy atom. The van der Waals surface area contributed by atoms with Crippen LogP contribution in [0.15, 0.2) is 29.1 Å². The number of nitrogens with one attached hydrogen (secondary N) is 2. The van der Waals surface area contributed by atoms with Crippen LogP contribution in [0, 0.1) is 6.92 Å². The minimum Gasteiger partial charge on any atom is -0.483 e. The van der Waals surface area contributed by atoms with Crippen LogP contribution in [-0.4, -0.2) is 35.6 Å². The summed E-state index contributed by atoms with van der Waals surface area (Å²) in [6.45, 7) is 3.95. The molecule has 0 aliphatic carbocycles. The predicted molar refractivity (Wildman–Crippen MR) is 67.9 cm³/mol. The Hall–Kier alpha value is -1.79. The van der Waals surface area contributed by atoms with Crippen molar-refractivity contribution in [3.63, 3.8) is 0 Å². The van der Waals surface area contributed by atoms with Gasteiger partial charge >= 0.3 is 0 Å². The highest BCUT2D eigenvalue weighted by molar-refractivity contribution is 5.15. The molecule has 6 heteroatoms. The maximum absolute atomic E-state index is 5.82. The summed E-state index contributed by atoms with van der Waals surface area (Å²) in [5.41, 5.74) is 1.16. The number of rotatable bonds is 5. The van der Waals surface area contributed by atoms with E-state index in [9.17, 15) is 0 Å². The van der Waals surface area contributed by atoms with Crippen molar-refractivity contribution >= 4 is 0 Å². The Morgan fingerprint density at radius 1 is 1.53 bits per heavy atom. The fourth-order valence-electron chi connectivity index (χ4n) is 2.16. The average Bonchev–Trinajstić information content (AvgIpc) is 3.11. The van der Waals surface area contributed by atoms with E-state index in [2.05, 4.69) is 15.5 Å². The number of hydrogen-bond donors (Lipinski definition) is 2. The summed E-state index contributed by atoms with van der Waals surface area (Å²) in [5, 5.41) is 10.0. The molecular weight excluding hydrogens is 246 g/mol. The number of hydrogen-bond acceptors (Lipinski definition) is 5. The van der Waals surface area contributed by atoms with E-state index in [1.807, 2.05) is 13.0 Å². The summed E-state index contributed by atoms with van der Waals surface area (Å²) in [6.07, 6.45) is 5.10. The molecule has 1 aliphatic heterocycles. The van der Waals surface area contributed by atoms with E-state index in [1.54, 1.807) is 18.7 Å². The maximum Gasteiger partial charge on any atom is 0.157 e. The summed E-state index contributed by atoms with van der Waals surface area (Å²) >= 11 is 0. The van der Waals surface area contributed by atoms with Gasteiger partial charge in [-0.05, 0) is 13.0 Å². The van der Waals surface area contributed by atoms with E-state index in [-0.39, 0.29) is 12.1 Å². The summed E-state index contributed by atoms with van der Waals surface area (Å²) in [7, 11) is 0. The highest BCUT2D eigenvalue weighted by Gasteiger charge is 2.30. The SMILES string of the molecule is Cc1occc1CN[C@H]1COC[C@H]1Oc1cn[nH]c1. The number of nitrogens with zero attached hydrogens (tertiary/aromatic N) is 1. The van der Waals surface area contributed by atoms with Crippen LogP contribution >= 0.6 is 0 Å². The smallest absolute Gasteiger partial charge is 0.157 e. The molecule has 3 rings (SSSR count). The lowest BCUT2D eigenvalue weighted by Gasteiger charge is -2.19. The van der Waals surface area contributed by atoms with Crippen molar-refractivity contribution in [2.24, 2.45) is 0 Å². The minimum atomic E-state index is 0.00445. The van der Waals surface area contributed by atoms with Crippen LogP contribution in [-0.2, 0) is 11.3 Å². The number of ether oxygens (including phenoxy) is 2. The molecule has 0 unspecified atom stereocenters. The fraction of sp³-hybridized carbons (Fsp3) is 0.462. The van der Waals surface area contributed by atoms with Gasteiger partial charge in [0.15, 0.2) is 5.75 Å². The predicted octanol–water partition coefficient (Wildman–Crippen LogP) is 1.25. The topological polar surface area (TPSA) is 72.3 Å². The van der Waals surface area contributed by atoms with E-state index < -0.39 is 0 Å². The zero-order chi connectivity index (χ0) is 13.1. The molecule has 1 saturated heterocycles. The second kappa shape index (κ2) is 5.46. The Balaban J connectivity index is 1.56.